The molecule has 0 aliphatic carbocycles. The molecular weight excluding hydrogens is 283 g/mol. The van der Waals surface area contributed by atoms with Crippen molar-refractivity contribution in [2.24, 2.45) is 0 Å². The number of oxazole rings is 1. The Balaban J connectivity index is 1.85. The van der Waals surface area contributed by atoms with Crippen LogP contribution in [0.1, 0.15) is 6.42 Å². The van der Waals surface area contributed by atoms with Crippen LogP contribution in [0.5, 0.6) is 5.75 Å². The van der Waals surface area contributed by atoms with Gasteiger partial charge in [0, 0.05) is 30.8 Å². The highest BCUT2D eigenvalue weighted by molar-refractivity contribution is 5.78. The number of aromatic nitrogens is 1. The Hall–Kier alpha value is -2.56. The number of alkyl halides is 1. The van der Waals surface area contributed by atoms with E-state index in [9.17, 15) is 4.39 Å². The van der Waals surface area contributed by atoms with Crippen molar-refractivity contribution in [3.8, 4) is 17.2 Å². The van der Waals surface area contributed by atoms with Crippen molar-refractivity contribution < 1.29 is 13.5 Å². The summed E-state index contributed by atoms with van der Waals surface area (Å²) in [6.07, 6.45) is 0.389. The average molecular weight is 300 g/mol. The molecule has 1 N–H and O–H groups in total. The molecule has 0 aliphatic rings. The van der Waals surface area contributed by atoms with Gasteiger partial charge in [0.25, 0.3) is 0 Å². The highest BCUT2D eigenvalue weighted by atomic mass is 19.1. The average Bonchev–Trinajstić information content (AvgIpc) is 2.98. The molecule has 1 heterocycles. The number of rotatable bonds is 6. The van der Waals surface area contributed by atoms with Crippen molar-refractivity contribution in [1.82, 2.24) is 4.98 Å². The number of nitrogens with zero attached hydrogens (tertiary/aromatic N) is 1. The van der Waals surface area contributed by atoms with E-state index in [0.29, 0.717) is 30.3 Å². The second-order valence-electron chi connectivity index (χ2n) is 4.87. The molecule has 0 bridgehead atoms. The summed E-state index contributed by atoms with van der Waals surface area (Å²) < 4.78 is 23.3. The Bertz CT molecular complexity index is 753. The zero-order valence-corrected chi connectivity index (χ0v) is 12.3. The maximum Gasteiger partial charge on any atom is 0.227 e. The van der Waals surface area contributed by atoms with Crippen LogP contribution >= 0.6 is 0 Å². The fourth-order valence-corrected chi connectivity index (χ4v) is 2.14. The maximum atomic E-state index is 12.1. The van der Waals surface area contributed by atoms with Gasteiger partial charge in [0.15, 0.2) is 5.58 Å². The van der Waals surface area contributed by atoms with E-state index < -0.39 is 0 Å². The van der Waals surface area contributed by atoms with Gasteiger partial charge >= 0.3 is 0 Å². The van der Waals surface area contributed by atoms with Crippen LogP contribution in [0.4, 0.5) is 10.1 Å². The fourth-order valence-electron chi connectivity index (χ4n) is 2.14. The molecule has 0 spiro atoms. The van der Waals surface area contributed by atoms with Crippen molar-refractivity contribution in [2.75, 3.05) is 25.6 Å². The molecule has 0 atom stereocenters. The number of halogens is 1. The van der Waals surface area contributed by atoms with Crippen molar-refractivity contribution in [1.29, 1.82) is 0 Å². The molecule has 0 radical (unpaired) electrons. The summed E-state index contributed by atoms with van der Waals surface area (Å²) >= 11 is 0. The molecule has 1 aromatic heterocycles. The molecule has 0 amide bonds. The quantitative estimate of drug-likeness (QED) is 0.690. The number of benzene rings is 2. The highest BCUT2D eigenvalue weighted by Gasteiger charge is 2.09. The molecule has 5 heteroatoms. The van der Waals surface area contributed by atoms with Gasteiger partial charge < -0.3 is 14.5 Å². The lowest BCUT2D eigenvalue weighted by atomic mass is 10.2. The van der Waals surface area contributed by atoms with Crippen LogP contribution in [-0.2, 0) is 0 Å². The van der Waals surface area contributed by atoms with E-state index in [1.807, 2.05) is 43.4 Å². The van der Waals surface area contributed by atoms with Gasteiger partial charge in [0.05, 0.1) is 13.3 Å². The lowest BCUT2D eigenvalue weighted by molar-refractivity contribution is 0.290. The van der Waals surface area contributed by atoms with E-state index in [4.69, 9.17) is 9.15 Å². The zero-order chi connectivity index (χ0) is 15.4. The monoisotopic (exact) mass is 300 g/mol. The summed E-state index contributed by atoms with van der Waals surface area (Å²) in [6.45, 7) is -0.0167. The normalized spacial score (nSPS) is 10.8. The molecule has 0 saturated carbocycles. The number of ether oxygens (including phenoxy) is 1. The van der Waals surface area contributed by atoms with Gasteiger partial charge in [0.1, 0.15) is 11.3 Å². The second kappa shape index (κ2) is 6.47. The van der Waals surface area contributed by atoms with Crippen LogP contribution in [0.15, 0.2) is 46.9 Å². The first-order chi connectivity index (χ1) is 10.8. The summed E-state index contributed by atoms with van der Waals surface area (Å²) in [5.74, 6) is 1.24. The van der Waals surface area contributed by atoms with Crippen LogP contribution in [-0.4, -0.2) is 25.3 Å². The summed E-state index contributed by atoms with van der Waals surface area (Å²) in [5, 5.41) is 3.07. The predicted molar refractivity (Wildman–Crippen MR) is 85.1 cm³/mol. The lowest BCUT2D eigenvalue weighted by Gasteiger charge is -2.03. The Morgan fingerprint density at radius 3 is 2.73 bits per heavy atom. The number of fused-ring (bicyclic) bond motifs is 1. The number of hydrogen-bond donors (Lipinski definition) is 1. The smallest absolute Gasteiger partial charge is 0.227 e. The standard InChI is InChI=1S/C17H17FN2O2/c1-19-13-5-3-12(4-6-13)17-20-15-11-14(21-10-2-9-18)7-8-16(15)22-17/h3-8,11,19H,2,9-10H2,1H3. The minimum atomic E-state index is -0.376. The Morgan fingerprint density at radius 1 is 1.18 bits per heavy atom. The van der Waals surface area contributed by atoms with Gasteiger partial charge in [-0.3, -0.25) is 4.39 Å². The Morgan fingerprint density at radius 2 is 2.00 bits per heavy atom. The topological polar surface area (TPSA) is 47.3 Å². The number of hydrogen-bond acceptors (Lipinski definition) is 4. The molecule has 0 aliphatic heterocycles. The highest BCUT2D eigenvalue weighted by Crippen LogP contribution is 2.27. The molecule has 0 unspecified atom stereocenters. The minimum absolute atomic E-state index is 0.359. The minimum Gasteiger partial charge on any atom is -0.493 e. The largest absolute Gasteiger partial charge is 0.493 e. The fraction of sp³-hybridized carbons (Fsp3) is 0.235. The third-order valence-electron chi connectivity index (χ3n) is 3.33. The van der Waals surface area contributed by atoms with E-state index in [2.05, 4.69) is 10.3 Å². The summed E-state index contributed by atoms with van der Waals surface area (Å²) in [6, 6.07) is 13.3. The molecule has 3 rings (SSSR count). The Kier molecular flexibility index (Phi) is 4.23. The van der Waals surface area contributed by atoms with Gasteiger partial charge in [-0.05, 0) is 36.4 Å². The molecule has 2 aromatic carbocycles. The van der Waals surface area contributed by atoms with Gasteiger partial charge in [-0.2, -0.15) is 0 Å². The van der Waals surface area contributed by atoms with E-state index in [1.165, 1.54) is 0 Å². The van der Waals surface area contributed by atoms with Crippen LogP contribution in [0.25, 0.3) is 22.6 Å². The van der Waals surface area contributed by atoms with Crippen molar-refractivity contribution in [3.05, 3.63) is 42.5 Å². The van der Waals surface area contributed by atoms with Gasteiger partial charge in [-0.25, -0.2) is 4.98 Å². The predicted octanol–water partition coefficient (Wildman–Crippen LogP) is 4.27. The van der Waals surface area contributed by atoms with Crippen LogP contribution in [0, 0.1) is 0 Å². The summed E-state index contributed by atoms with van der Waals surface area (Å²) in [4.78, 5) is 4.49. The van der Waals surface area contributed by atoms with Gasteiger partial charge in [0.2, 0.25) is 5.89 Å². The first-order valence-corrected chi connectivity index (χ1v) is 7.17. The van der Waals surface area contributed by atoms with Crippen LogP contribution in [0.2, 0.25) is 0 Å². The zero-order valence-electron chi connectivity index (χ0n) is 12.3. The Labute approximate surface area is 127 Å². The van der Waals surface area contributed by atoms with Crippen molar-refractivity contribution in [2.45, 2.75) is 6.42 Å². The van der Waals surface area contributed by atoms with Crippen LogP contribution in [0.3, 0.4) is 0 Å². The van der Waals surface area contributed by atoms with Crippen LogP contribution < -0.4 is 10.1 Å². The molecule has 3 aromatic rings. The van der Waals surface area contributed by atoms with Crippen molar-refractivity contribution in [3.63, 3.8) is 0 Å². The molecule has 4 nitrogen and oxygen atoms in total. The van der Waals surface area contributed by atoms with Gasteiger partial charge in [-0.1, -0.05) is 0 Å². The summed E-state index contributed by atoms with van der Waals surface area (Å²) in [5.41, 5.74) is 3.37. The second-order valence-corrected chi connectivity index (χ2v) is 4.87. The third kappa shape index (κ3) is 3.03. The molecule has 114 valence electrons. The number of anilines is 1. The summed E-state index contributed by atoms with van der Waals surface area (Å²) in [7, 11) is 1.87. The van der Waals surface area contributed by atoms with Gasteiger partial charge in [-0.15, -0.1) is 0 Å². The molecule has 0 fully saturated rings. The van der Waals surface area contributed by atoms with E-state index in [0.717, 1.165) is 16.8 Å². The maximum absolute atomic E-state index is 12.1. The molecule has 22 heavy (non-hydrogen) atoms. The van der Waals surface area contributed by atoms with E-state index in [1.54, 1.807) is 6.07 Å². The SMILES string of the molecule is CNc1ccc(-c2nc3cc(OCCCF)ccc3o2)cc1. The number of nitrogens with one attached hydrogen (secondary N) is 1. The first-order valence-electron chi connectivity index (χ1n) is 7.17. The first kappa shape index (κ1) is 14.4. The van der Waals surface area contributed by atoms with E-state index in [-0.39, 0.29) is 6.67 Å². The molecule has 0 saturated heterocycles. The van der Waals surface area contributed by atoms with E-state index >= 15 is 0 Å². The molecular formula is C17H17FN2O2. The van der Waals surface area contributed by atoms with Crippen molar-refractivity contribution >= 4 is 16.8 Å². The lowest BCUT2D eigenvalue weighted by Crippen LogP contribution is -1.97. The third-order valence-corrected chi connectivity index (χ3v) is 3.33.